The Kier molecular flexibility index (Phi) is 2.68. The first-order valence-electron chi connectivity index (χ1n) is 5.85. The number of rotatable bonds is 2. The minimum atomic E-state index is -0.403. The smallest absolute Gasteiger partial charge is 0.292 e. The fraction of sp³-hybridized carbons (Fsp3) is 0. The summed E-state index contributed by atoms with van der Waals surface area (Å²) in [6, 6.07) is 9.70. The van der Waals surface area contributed by atoms with E-state index < -0.39 is 11.8 Å². The summed E-state index contributed by atoms with van der Waals surface area (Å²) in [7, 11) is 0. The van der Waals surface area contributed by atoms with Crippen molar-refractivity contribution < 1.29 is 19.0 Å². The molecule has 0 radical (unpaired) electrons. The molecule has 0 unspecified atom stereocenters. The van der Waals surface area contributed by atoms with Crippen molar-refractivity contribution in [2.45, 2.75) is 0 Å². The third kappa shape index (κ3) is 1.89. The zero-order chi connectivity index (χ0) is 14.3. The van der Waals surface area contributed by atoms with Gasteiger partial charge in [0, 0.05) is 10.9 Å². The van der Waals surface area contributed by atoms with Gasteiger partial charge in [-0.25, -0.2) is 4.39 Å². The van der Waals surface area contributed by atoms with Crippen molar-refractivity contribution >= 4 is 16.7 Å². The van der Waals surface area contributed by atoms with E-state index in [2.05, 4.69) is 0 Å². The summed E-state index contributed by atoms with van der Waals surface area (Å²) in [4.78, 5) is 0. The monoisotopic (exact) mass is 271 g/mol. The van der Waals surface area contributed by atoms with Crippen LogP contribution in [0.15, 0.2) is 46.9 Å². The summed E-state index contributed by atoms with van der Waals surface area (Å²) in [6.07, 6.45) is 0. The maximum Gasteiger partial charge on any atom is 0.292 e. The van der Waals surface area contributed by atoms with Gasteiger partial charge in [-0.1, -0.05) is 0 Å². The highest BCUT2D eigenvalue weighted by Gasteiger charge is 2.19. The quantitative estimate of drug-likeness (QED) is 0.625. The normalized spacial score (nSPS) is 10.8. The molecule has 0 aliphatic carbocycles. The molecule has 0 spiro atoms. The summed E-state index contributed by atoms with van der Waals surface area (Å²) in [6.45, 7) is 0. The number of hydrogen-bond donors (Lipinski definition) is 3. The summed E-state index contributed by atoms with van der Waals surface area (Å²) in [5, 5.41) is 27.9. The van der Waals surface area contributed by atoms with Gasteiger partial charge in [-0.15, -0.1) is 0 Å². The molecule has 4 nitrogen and oxygen atoms in total. The van der Waals surface area contributed by atoms with Crippen LogP contribution in [0.25, 0.3) is 11.0 Å². The second kappa shape index (κ2) is 4.38. The molecule has 0 aliphatic heterocycles. The molecular weight excluding hydrogens is 261 g/mol. The standard InChI is InChI=1S/C15H10FNO3/c16-9-3-1-8(2-4-9)14(17)13-11-7-10(18)5-6-12(11)20-15(13)19/h1-7,17-19H. The van der Waals surface area contributed by atoms with Crippen molar-refractivity contribution in [1.82, 2.24) is 0 Å². The number of phenols is 1. The van der Waals surface area contributed by atoms with Gasteiger partial charge < -0.3 is 14.6 Å². The minimum absolute atomic E-state index is 0.00598. The molecule has 3 rings (SSSR count). The molecule has 100 valence electrons. The second-order valence-electron chi connectivity index (χ2n) is 4.34. The number of nitrogens with one attached hydrogen (secondary N) is 1. The molecular formula is C15H10FNO3. The largest absolute Gasteiger partial charge is 0.508 e. The molecule has 20 heavy (non-hydrogen) atoms. The van der Waals surface area contributed by atoms with Crippen LogP contribution in [-0.2, 0) is 0 Å². The van der Waals surface area contributed by atoms with E-state index in [4.69, 9.17) is 9.83 Å². The minimum Gasteiger partial charge on any atom is -0.508 e. The highest BCUT2D eigenvalue weighted by atomic mass is 19.1. The lowest BCUT2D eigenvalue weighted by molar-refractivity contribution is 0.345. The lowest BCUT2D eigenvalue weighted by atomic mass is 10.0. The summed E-state index contributed by atoms with van der Waals surface area (Å²) >= 11 is 0. The number of halogens is 1. The van der Waals surface area contributed by atoms with Crippen LogP contribution in [0.1, 0.15) is 11.1 Å². The first-order valence-corrected chi connectivity index (χ1v) is 5.85. The Morgan fingerprint density at radius 2 is 1.75 bits per heavy atom. The van der Waals surface area contributed by atoms with Crippen LogP contribution in [0.2, 0.25) is 0 Å². The SMILES string of the molecule is N=C(c1ccc(F)cc1)c1c(O)oc2ccc(O)cc12. The Morgan fingerprint density at radius 1 is 1.05 bits per heavy atom. The molecule has 0 saturated heterocycles. The van der Waals surface area contributed by atoms with Crippen molar-refractivity contribution in [3.8, 4) is 11.7 Å². The lowest BCUT2D eigenvalue weighted by Gasteiger charge is -2.03. The van der Waals surface area contributed by atoms with Crippen molar-refractivity contribution in [1.29, 1.82) is 5.41 Å². The number of fused-ring (bicyclic) bond motifs is 1. The van der Waals surface area contributed by atoms with Gasteiger partial charge in [-0.05, 0) is 42.5 Å². The average molecular weight is 271 g/mol. The molecule has 3 N–H and O–H groups in total. The van der Waals surface area contributed by atoms with Gasteiger partial charge in [0.15, 0.2) is 0 Å². The Hall–Kier alpha value is -2.82. The Morgan fingerprint density at radius 3 is 2.45 bits per heavy atom. The van der Waals surface area contributed by atoms with Crippen LogP contribution in [0.4, 0.5) is 4.39 Å². The molecule has 1 heterocycles. The molecule has 1 aromatic heterocycles. The van der Waals surface area contributed by atoms with Crippen molar-refractivity contribution in [2.24, 2.45) is 0 Å². The third-order valence-electron chi connectivity index (χ3n) is 3.04. The van der Waals surface area contributed by atoms with Gasteiger partial charge in [-0.2, -0.15) is 0 Å². The molecule has 2 aromatic carbocycles. The number of benzene rings is 2. The van der Waals surface area contributed by atoms with Gasteiger partial charge in [0.2, 0.25) is 0 Å². The number of furan rings is 1. The lowest BCUT2D eigenvalue weighted by Crippen LogP contribution is -2.00. The van der Waals surface area contributed by atoms with Crippen molar-refractivity contribution in [2.75, 3.05) is 0 Å². The molecule has 3 aromatic rings. The van der Waals surface area contributed by atoms with Crippen molar-refractivity contribution in [3.63, 3.8) is 0 Å². The topological polar surface area (TPSA) is 77.5 Å². The maximum atomic E-state index is 12.9. The highest BCUT2D eigenvalue weighted by molar-refractivity contribution is 6.19. The van der Waals surface area contributed by atoms with Gasteiger partial charge in [0.05, 0.1) is 11.3 Å². The number of phenolic OH excluding ortho intramolecular Hbond substituents is 1. The Labute approximate surface area is 113 Å². The van der Waals surface area contributed by atoms with E-state index >= 15 is 0 Å². The van der Waals surface area contributed by atoms with E-state index in [9.17, 15) is 14.6 Å². The van der Waals surface area contributed by atoms with Gasteiger partial charge >= 0.3 is 0 Å². The van der Waals surface area contributed by atoms with E-state index in [-0.39, 0.29) is 17.0 Å². The van der Waals surface area contributed by atoms with Crippen LogP contribution in [-0.4, -0.2) is 15.9 Å². The third-order valence-corrected chi connectivity index (χ3v) is 3.04. The second-order valence-corrected chi connectivity index (χ2v) is 4.34. The molecule has 0 fully saturated rings. The Bertz CT molecular complexity index is 806. The zero-order valence-corrected chi connectivity index (χ0v) is 10.2. The molecule has 0 amide bonds. The molecule has 5 heteroatoms. The summed E-state index contributed by atoms with van der Waals surface area (Å²) in [5.41, 5.74) is 0.962. The zero-order valence-electron chi connectivity index (χ0n) is 10.2. The van der Waals surface area contributed by atoms with Crippen LogP contribution >= 0.6 is 0 Å². The predicted octanol–water partition coefficient (Wildman–Crippen LogP) is 3.40. The molecule has 0 saturated carbocycles. The van der Waals surface area contributed by atoms with E-state index in [0.29, 0.717) is 16.5 Å². The summed E-state index contributed by atoms with van der Waals surface area (Å²) in [5.74, 6) is -0.799. The van der Waals surface area contributed by atoms with E-state index in [1.807, 2.05) is 0 Å². The first kappa shape index (κ1) is 12.2. The van der Waals surface area contributed by atoms with E-state index in [0.717, 1.165) is 0 Å². The average Bonchev–Trinajstić information content (AvgIpc) is 2.74. The highest BCUT2D eigenvalue weighted by Crippen LogP contribution is 2.34. The van der Waals surface area contributed by atoms with Gasteiger partial charge in [0.25, 0.3) is 5.95 Å². The van der Waals surface area contributed by atoms with Crippen LogP contribution in [0.5, 0.6) is 11.7 Å². The maximum absolute atomic E-state index is 12.9. The van der Waals surface area contributed by atoms with Crippen LogP contribution < -0.4 is 0 Å². The van der Waals surface area contributed by atoms with E-state index in [1.54, 1.807) is 0 Å². The molecule has 0 atom stereocenters. The van der Waals surface area contributed by atoms with Gasteiger partial charge in [-0.3, -0.25) is 5.41 Å². The molecule has 0 aliphatic rings. The van der Waals surface area contributed by atoms with Gasteiger partial charge in [0.1, 0.15) is 17.1 Å². The number of hydrogen-bond acceptors (Lipinski definition) is 4. The van der Waals surface area contributed by atoms with E-state index in [1.165, 1.54) is 42.5 Å². The van der Waals surface area contributed by atoms with Crippen LogP contribution in [0.3, 0.4) is 0 Å². The summed E-state index contributed by atoms with van der Waals surface area (Å²) < 4.78 is 18.1. The fourth-order valence-corrected chi connectivity index (χ4v) is 2.08. The number of aromatic hydroxyl groups is 2. The van der Waals surface area contributed by atoms with Crippen LogP contribution in [0, 0.1) is 11.2 Å². The van der Waals surface area contributed by atoms with Crippen molar-refractivity contribution in [3.05, 3.63) is 59.4 Å². The first-order chi connectivity index (χ1) is 9.56. The molecule has 0 bridgehead atoms. The predicted molar refractivity (Wildman–Crippen MR) is 71.9 cm³/mol. The fourth-order valence-electron chi connectivity index (χ4n) is 2.08. The Balaban J connectivity index is 2.18.